The van der Waals surface area contributed by atoms with Crippen molar-refractivity contribution >= 4 is 46.3 Å². The summed E-state index contributed by atoms with van der Waals surface area (Å²) >= 11 is 0. The molecule has 58 heavy (non-hydrogen) atoms. The fourth-order valence-corrected chi connectivity index (χ4v) is 6.90. The highest BCUT2D eigenvalue weighted by atomic mass is 16.3. The number of aromatic nitrogens is 1. The van der Waals surface area contributed by atoms with Gasteiger partial charge in [-0.25, -0.2) is 0 Å². The average Bonchev–Trinajstić information content (AvgIpc) is 3.61. The van der Waals surface area contributed by atoms with Gasteiger partial charge in [0.15, 0.2) is 0 Å². The van der Waals surface area contributed by atoms with Gasteiger partial charge in [-0.05, 0) is 73.5 Å². The van der Waals surface area contributed by atoms with Crippen LogP contribution in [0.2, 0.25) is 0 Å². The number of H-pyrrole nitrogens is 1. The number of hydrogen-bond donors (Lipinski definition) is 9. The summed E-state index contributed by atoms with van der Waals surface area (Å²) in [6.45, 7) is 5.31. The Morgan fingerprint density at radius 1 is 0.586 bits per heavy atom. The number of aromatic hydroxyl groups is 1. The van der Waals surface area contributed by atoms with E-state index in [1.807, 2.05) is 30.3 Å². The monoisotopic (exact) mass is 794 g/mol. The molecule has 1 fully saturated rings. The number of rotatable bonds is 11. The van der Waals surface area contributed by atoms with E-state index in [2.05, 4.69) is 36.9 Å². The summed E-state index contributed by atoms with van der Waals surface area (Å²) in [6.07, 6.45) is 3.04. The zero-order chi connectivity index (χ0) is 41.8. The number of para-hydroxylation sites is 1. The molecule has 6 amide bonds. The minimum Gasteiger partial charge on any atom is -0.508 e. The molecule has 0 radical (unpaired) electrons. The molecule has 0 bridgehead atoms. The maximum absolute atomic E-state index is 14.4. The van der Waals surface area contributed by atoms with Crippen molar-refractivity contribution in [1.29, 1.82) is 0 Å². The number of amides is 6. The van der Waals surface area contributed by atoms with Gasteiger partial charge in [0.05, 0.1) is 0 Å². The molecule has 15 heteroatoms. The van der Waals surface area contributed by atoms with Crippen LogP contribution in [0.1, 0.15) is 56.7 Å². The van der Waals surface area contributed by atoms with Crippen LogP contribution in [0.5, 0.6) is 5.75 Å². The van der Waals surface area contributed by atoms with E-state index in [0.29, 0.717) is 24.9 Å². The van der Waals surface area contributed by atoms with E-state index in [0.717, 1.165) is 22.0 Å². The Morgan fingerprint density at radius 3 is 1.78 bits per heavy atom. The van der Waals surface area contributed by atoms with Crippen molar-refractivity contribution in [3.8, 4) is 5.75 Å². The number of carbonyl (C=O) groups is 6. The standard InChI is InChI=1S/C43H54N8O7/c1-25(2)37-43(58)50-34(21-27-11-5-4-6-12-27)40(55)46-26(3)38(53)48-35(22-28-16-18-30(52)19-17-28)41(56)49-36(23-29-24-45-32-14-8-7-13-31(29)32)42(57)47-33(39(54)51-37)15-9-10-20-44/h4-8,11-14,16-19,24-26,33-37,45,52H,9-10,15,20-23,44H2,1-3H3,(H,46,55)(H,47,57)(H,48,53)(H,49,56)(H,50,58)(H,51,54)/t26-,33-,34-,35-,36-,37-/m0/s1. The van der Waals surface area contributed by atoms with Gasteiger partial charge in [-0.2, -0.15) is 0 Å². The molecule has 10 N–H and O–H groups in total. The highest BCUT2D eigenvalue weighted by molar-refractivity contribution is 5.98. The number of nitrogens with two attached hydrogens (primary N) is 1. The van der Waals surface area contributed by atoms with Gasteiger partial charge >= 0.3 is 0 Å². The van der Waals surface area contributed by atoms with Gasteiger partial charge in [-0.15, -0.1) is 0 Å². The molecule has 308 valence electrons. The molecular weight excluding hydrogens is 741 g/mol. The van der Waals surface area contributed by atoms with Crippen molar-refractivity contribution in [3.05, 3.63) is 102 Å². The number of hydrogen-bond acceptors (Lipinski definition) is 8. The third kappa shape index (κ3) is 11.7. The van der Waals surface area contributed by atoms with Crippen LogP contribution in [-0.4, -0.2) is 88.3 Å². The number of nitrogens with one attached hydrogen (secondary N) is 7. The van der Waals surface area contributed by atoms with Gasteiger partial charge in [-0.1, -0.05) is 74.5 Å². The zero-order valence-corrected chi connectivity index (χ0v) is 33.0. The maximum atomic E-state index is 14.4. The van der Waals surface area contributed by atoms with E-state index < -0.39 is 77.6 Å². The predicted octanol–water partition coefficient (Wildman–Crippen LogP) is 1.63. The molecule has 4 aromatic rings. The Bertz CT molecular complexity index is 2050. The summed E-state index contributed by atoms with van der Waals surface area (Å²) in [5.74, 6) is -4.36. The molecule has 0 saturated carbocycles. The van der Waals surface area contributed by atoms with Crippen molar-refractivity contribution in [1.82, 2.24) is 36.9 Å². The topological polar surface area (TPSA) is 237 Å². The first-order valence-electron chi connectivity index (χ1n) is 19.7. The SMILES string of the molecule is CC(C)[C@@H]1NC(=O)[C@H](CCCCN)NC(=O)[C@H](Cc2c[nH]c3ccccc23)NC(=O)[C@H](Cc2ccc(O)cc2)NC(=O)[C@H](C)NC(=O)[C@H](Cc2ccccc2)NC1=O. The van der Waals surface area contributed by atoms with Crippen molar-refractivity contribution in [2.45, 2.75) is 95.5 Å². The molecule has 1 saturated heterocycles. The molecule has 1 aromatic heterocycles. The largest absolute Gasteiger partial charge is 0.508 e. The van der Waals surface area contributed by atoms with Crippen LogP contribution in [0.4, 0.5) is 0 Å². The van der Waals surface area contributed by atoms with Gasteiger partial charge < -0.3 is 47.7 Å². The van der Waals surface area contributed by atoms with Crippen molar-refractivity contribution in [2.24, 2.45) is 11.7 Å². The Hall–Kier alpha value is -6.22. The van der Waals surface area contributed by atoms with Crippen molar-refractivity contribution in [2.75, 3.05) is 6.54 Å². The number of phenolic OH excluding ortho intramolecular Hbond substituents is 1. The fraction of sp³-hybridized carbons (Fsp3) is 0.395. The number of fused-ring (bicyclic) bond motifs is 1. The lowest BCUT2D eigenvalue weighted by atomic mass is 9.99. The van der Waals surface area contributed by atoms with E-state index in [4.69, 9.17) is 5.73 Å². The molecular formula is C43H54N8O7. The summed E-state index contributed by atoms with van der Waals surface area (Å²) in [5, 5.41) is 27.4. The molecule has 15 nitrogen and oxygen atoms in total. The Labute approximate surface area is 337 Å². The van der Waals surface area contributed by atoms with Crippen molar-refractivity contribution in [3.63, 3.8) is 0 Å². The van der Waals surface area contributed by atoms with Crippen LogP contribution in [0.25, 0.3) is 10.9 Å². The normalized spacial score (nSPS) is 22.8. The quantitative estimate of drug-likeness (QED) is 0.101. The molecule has 1 aliphatic rings. The summed E-state index contributed by atoms with van der Waals surface area (Å²) in [7, 11) is 0. The lowest BCUT2D eigenvalue weighted by Crippen LogP contribution is -2.62. The van der Waals surface area contributed by atoms with Crippen LogP contribution < -0.4 is 37.6 Å². The molecule has 2 heterocycles. The lowest BCUT2D eigenvalue weighted by molar-refractivity contribution is -0.137. The van der Waals surface area contributed by atoms with Crippen LogP contribution in [-0.2, 0) is 48.0 Å². The first kappa shape index (κ1) is 42.9. The molecule has 0 unspecified atom stereocenters. The van der Waals surface area contributed by atoms with E-state index in [1.165, 1.54) is 19.1 Å². The summed E-state index contributed by atoms with van der Waals surface area (Å²) in [4.78, 5) is 87.6. The summed E-state index contributed by atoms with van der Waals surface area (Å²) < 4.78 is 0. The van der Waals surface area contributed by atoms with E-state index in [1.54, 1.807) is 56.4 Å². The molecule has 0 aliphatic carbocycles. The Balaban J connectivity index is 1.54. The molecule has 6 atom stereocenters. The van der Waals surface area contributed by atoms with Crippen LogP contribution in [0.15, 0.2) is 85.1 Å². The van der Waals surface area contributed by atoms with Gasteiger partial charge in [0.25, 0.3) is 0 Å². The third-order valence-corrected chi connectivity index (χ3v) is 10.2. The van der Waals surface area contributed by atoms with Gasteiger partial charge in [-0.3, -0.25) is 28.8 Å². The predicted molar refractivity (Wildman–Crippen MR) is 219 cm³/mol. The second-order valence-electron chi connectivity index (χ2n) is 15.1. The van der Waals surface area contributed by atoms with Crippen LogP contribution in [0, 0.1) is 5.92 Å². The second kappa shape index (κ2) is 20.3. The first-order valence-corrected chi connectivity index (χ1v) is 19.7. The molecule has 1 aliphatic heterocycles. The minimum absolute atomic E-state index is 0.00987. The molecule has 3 aromatic carbocycles. The molecule has 0 spiro atoms. The van der Waals surface area contributed by atoms with Crippen LogP contribution in [0.3, 0.4) is 0 Å². The number of carbonyl (C=O) groups excluding carboxylic acids is 6. The zero-order valence-electron chi connectivity index (χ0n) is 33.0. The number of unbranched alkanes of at least 4 members (excludes halogenated alkanes) is 1. The Kier molecular flexibility index (Phi) is 15.0. The third-order valence-electron chi connectivity index (χ3n) is 10.2. The highest BCUT2D eigenvalue weighted by Crippen LogP contribution is 2.20. The van der Waals surface area contributed by atoms with Crippen molar-refractivity contribution < 1.29 is 33.9 Å². The number of benzene rings is 3. The maximum Gasteiger partial charge on any atom is 0.243 e. The summed E-state index contributed by atoms with van der Waals surface area (Å²) in [5.41, 5.74) is 8.65. The van der Waals surface area contributed by atoms with Gasteiger partial charge in [0.2, 0.25) is 35.4 Å². The van der Waals surface area contributed by atoms with E-state index in [-0.39, 0.29) is 31.4 Å². The highest BCUT2D eigenvalue weighted by Gasteiger charge is 2.35. The summed E-state index contributed by atoms with van der Waals surface area (Å²) in [6, 6.07) is 15.6. The smallest absolute Gasteiger partial charge is 0.243 e. The first-order chi connectivity index (χ1) is 27.8. The van der Waals surface area contributed by atoms with E-state index in [9.17, 15) is 33.9 Å². The Morgan fingerprint density at radius 2 is 1.12 bits per heavy atom. The fourth-order valence-electron chi connectivity index (χ4n) is 6.90. The van der Waals surface area contributed by atoms with Gasteiger partial charge in [0.1, 0.15) is 42.0 Å². The minimum atomic E-state index is -1.25. The van der Waals surface area contributed by atoms with E-state index >= 15 is 0 Å². The molecule has 5 rings (SSSR count). The number of phenols is 1. The average molecular weight is 795 g/mol. The van der Waals surface area contributed by atoms with Gasteiger partial charge in [0, 0.05) is 36.4 Å². The number of aromatic amines is 1. The second-order valence-corrected chi connectivity index (χ2v) is 15.1. The lowest BCUT2D eigenvalue weighted by Gasteiger charge is -2.30. The van der Waals surface area contributed by atoms with Crippen LogP contribution >= 0.6 is 0 Å².